The SMILES string of the molecule is CN(C(N)=NN)C1CCCCC1. The molecule has 0 aromatic heterocycles. The molecule has 1 aliphatic rings. The smallest absolute Gasteiger partial charge is 0.213 e. The van der Waals surface area contributed by atoms with Crippen LogP contribution in [0.25, 0.3) is 0 Å². The van der Waals surface area contributed by atoms with E-state index in [1.807, 2.05) is 11.9 Å². The van der Waals surface area contributed by atoms with Crippen LogP contribution in [0, 0.1) is 0 Å². The summed E-state index contributed by atoms with van der Waals surface area (Å²) in [7, 11) is 1.96. The second-order valence-corrected chi connectivity index (χ2v) is 3.39. The second-order valence-electron chi connectivity index (χ2n) is 3.39. The molecule has 0 aromatic carbocycles. The third kappa shape index (κ3) is 2.03. The molecule has 0 aliphatic heterocycles. The first-order valence-electron chi connectivity index (χ1n) is 4.52. The first-order chi connectivity index (χ1) is 5.75. The number of hydrogen-bond donors (Lipinski definition) is 2. The number of guanidine groups is 1. The van der Waals surface area contributed by atoms with Crippen LogP contribution >= 0.6 is 0 Å². The van der Waals surface area contributed by atoms with Gasteiger partial charge in [0, 0.05) is 13.1 Å². The van der Waals surface area contributed by atoms with E-state index in [1.54, 1.807) is 0 Å². The molecule has 0 aromatic rings. The molecule has 0 saturated heterocycles. The fourth-order valence-electron chi connectivity index (χ4n) is 1.75. The van der Waals surface area contributed by atoms with Crippen LogP contribution in [0.15, 0.2) is 5.10 Å². The predicted molar refractivity (Wildman–Crippen MR) is 50.4 cm³/mol. The Morgan fingerprint density at radius 2 is 1.92 bits per heavy atom. The van der Waals surface area contributed by atoms with Crippen molar-refractivity contribution in [3.8, 4) is 0 Å². The van der Waals surface area contributed by atoms with Gasteiger partial charge in [-0.1, -0.05) is 19.3 Å². The lowest BCUT2D eigenvalue weighted by Crippen LogP contribution is -2.43. The van der Waals surface area contributed by atoms with Gasteiger partial charge in [-0.2, -0.15) is 0 Å². The van der Waals surface area contributed by atoms with Crippen molar-refractivity contribution in [2.45, 2.75) is 38.1 Å². The third-order valence-electron chi connectivity index (χ3n) is 2.62. The van der Waals surface area contributed by atoms with E-state index in [4.69, 9.17) is 11.6 Å². The maximum atomic E-state index is 5.60. The Labute approximate surface area is 73.6 Å². The highest BCUT2D eigenvalue weighted by Crippen LogP contribution is 2.21. The van der Waals surface area contributed by atoms with Crippen LogP contribution in [0.1, 0.15) is 32.1 Å². The number of rotatable bonds is 1. The van der Waals surface area contributed by atoms with Gasteiger partial charge in [-0.05, 0) is 12.8 Å². The van der Waals surface area contributed by atoms with Crippen molar-refractivity contribution in [2.75, 3.05) is 7.05 Å². The van der Waals surface area contributed by atoms with E-state index in [0.29, 0.717) is 12.0 Å². The average molecular weight is 170 g/mol. The molecule has 1 aliphatic carbocycles. The number of nitrogens with zero attached hydrogens (tertiary/aromatic N) is 2. The third-order valence-corrected chi connectivity index (χ3v) is 2.62. The molecule has 0 unspecified atom stereocenters. The molecule has 70 valence electrons. The van der Waals surface area contributed by atoms with Crippen molar-refractivity contribution in [3.05, 3.63) is 0 Å². The molecule has 4 N–H and O–H groups in total. The van der Waals surface area contributed by atoms with Gasteiger partial charge in [0.1, 0.15) is 0 Å². The Bertz CT molecular complexity index is 160. The lowest BCUT2D eigenvalue weighted by Gasteiger charge is -2.31. The first kappa shape index (κ1) is 9.16. The van der Waals surface area contributed by atoms with Crippen molar-refractivity contribution in [3.63, 3.8) is 0 Å². The quantitative estimate of drug-likeness (QED) is 0.260. The lowest BCUT2D eigenvalue weighted by molar-refractivity contribution is 0.276. The van der Waals surface area contributed by atoms with E-state index in [9.17, 15) is 0 Å². The van der Waals surface area contributed by atoms with E-state index in [1.165, 1.54) is 32.1 Å². The first-order valence-corrected chi connectivity index (χ1v) is 4.52. The lowest BCUT2D eigenvalue weighted by atomic mass is 9.95. The van der Waals surface area contributed by atoms with Crippen LogP contribution in [0.2, 0.25) is 0 Å². The van der Waals surface area contributed by atoms with Crippen molar-refractivity contribution in [2.24, 2.45) is 16.7 Å². The number of nitrogens with two attached hydrogens (primary N) is 2. The van der Waals surface area contributed by atoms with Gasteiger partial charge < -0.3 is 16.5 Å². The van der Waals surface area contributed by atoms with Gasteiger partial charge in [0.15, 0.2) is 0 Å². The molecule has 0 spiro atoms. The van der Waals surface area contributed by atoms with Crippen LogP contribution < -0.4 is 11.6 Å². The van der Waals surface area contributed by atoms with Gasteiger partial charge in [-0.15, -0.1) is 5.10 Å². The number of hydrogen-bond acceptors (Lipinski definition) is 2. The summed E-state index contributed by atoms with van der Waals surface area (Å²) in [6.07, 6.45) is 6.38. The zero-order valence-corrected chi connectivity index (χ0v) is 7.66. The summed E-state index contributed by atoms with van der Waals surface area (Å²) < 4.78 is 0. The minimum absolute atomic E-state index is 0.446. The molecule has 0 bridgehead atoms. The molecule has 1 fully saturated rings. The fraction of sp³-hybridized carbons (Fsp3) is 0.875. The van der Waals surface area contributed by atoms with Crippen molar-refractivity contribution in [1.82, 2.24) is 4.90 Å². The zero-order valence-electron chi connectivity index (χ0n) is 7.66. The highest BCUT2D eigenvalue weighted by molar-refractivity contribution is 5.77. The Hall–Kier alpha value is -0.930. The van der Waals surface area contributed by atoms with Gasteiger partial charge in [0.05, 0.1) is 0 Å². The molecule has 0 amide bonds. The minimum Gasteiger partial charge on any atom is -0.368 e. The highest BCUT2D eigenvalue weighted by atomic mass is 15.3. The average Bonchev–Trinajstić information content (AvgIpc) is 2.17. The molecule has 4 heteroatoms. The van der Waals surface area contributed by atoms with E-state index in [0.717, 1.165) is 0 Å². The van der Waals surface area contributed by atoms with Gasteiger partial charge in [0.2, 0.25) is 5.96 Å². The predicted octanol–water partition coefficient (Wildman–Crippen LogP) is 0.439. The van der Waals surface area contributed by atoms with E-state index in [2.05, 4.69) is 5.10 Å². The standard InChI is InChI=1S/C8H18N4/c1-12(8(9)11-10)7-5-3-2-4-6-7/h7H,2-6,10H2,1H3,(H2,9,11). The largest absolute Gasteiger partial charge is 0.368 e. The molecule has 4 nitrogen and oxygen atoms in total. The van der Waals surface area contributed by atoms with E-state index in [-0.39, 0.29) is 0 Å². The summed E-state index contributed by atoms with van der Waals surface area (Å²) in [5.74, 6) is 5.55. The molecule has 0 heterocycles. The Morgan fingerprint density at radius 3 is 2.42 bits per heavy atom. The molecule has 0 atom stereocenters. The maximum absolute atomic E-state index is 5.60. The van der Waals surface area contributed by atoms with Crippen LogP contribution in [0.5, 0.6) is 0 Å². The Balaban J connectivity index is 2.44. The molecular weight excluding hydrogens is 152 g/mol. The minimum atomic E-state index is 0.446. The molecule has 1 rings (SSSR count). The van der Waals surface area contributed by atoms with Crippen molar-refractivity contribution in [1.29, 1.82) is 0 Å². The highest BCUT2D eigenvalue weighted by Gasteiger charge is 2.18. The normalized spacial score (nSPS) is 20.9. The van der Waals surface area contributed by atoms with Crippen LogP contribution in [-0.4, -0.2) is 23.9 Å². The van der Waals surface area contributed by atoms with Gasteiger partial charge >= 0.3 is 0 Å². The van der Waals surface area contributed by atoms with E-state index < -0.39 is 0 Å². The van der Waals surface area contributed by atoms with Gasteiger partial charge in [0.25, 0.3) is 0 Å². The van der Waals surface area contributed by atoms with E-state index >= 15 is 0 Å². The summed E-state index contributed by atoms with van der Waals surface area (Å²) in [6, 6.07) is 0.547. The van der Waals surface area contributed by atoms with Gasteiger partial charge in [-0.3, -0.25) is 0 Å². The summed E-state index contributed by atoms with van der Waals surface area (Å²) in [6.45, 7) is 0. The summed E-state index contributed by atoms with van der Waals surface area (Å²) in [4.78, 5) is 1.99. The van der Waals surface area contributed by atoms with Crippen LogP contribution in [0.4, 0.5) is 0 Å². The summed E-state index contributed by atoms with van der Waals surface area (Å²) in [5, 5.41) is 3.48. The maximum Gasteiger partial charge on any atom is 0.213 e. The summed E-state index contributed by atoms with van der Waals surface area (Å²) >= 11 is 0. The van der Waals surface area contributed by atoms with Gasteiger partial charge in [-0.25, -0.2) is 0 Å². The monoisotopic (exact) mass is 170 g/mol. The number of hydrazone groups is 1. The Morgan fingerprint density at radius 1 is 1.33 bits per heavy atom. The molecule has 12 heavy (non-hydrogen) atoms. The topological polar surface area (TPSA) is 67.6 Å². The van der Waals surface area contributed by atoms with Crippen LogP contribution in [0.3, 0.4) is 0 Å². The Kier molecular flexibility index (Phi) is 3.19. The molecular formula is C8H18N4. The molecule has 1 saturated carbocycles. The van der Waals surface area contributed by atoms with Crippen molar-refractivity contribution < 1.29 is 0 Å². The fourth-order valence-corrected chi connectivity index (χ4v) is 1.75. The van der Waals surface area contributed by atoms with Crippen LogP contribution in [-0.2, 0) is 0 Å². The zero-order chi connectivity index (χ0) is 8.97. The second kappa shape index (κ2) is 4.18. The van der Waals surface area contributed by atoms with Crippen molar-refractivity contribution >= 4 is 5.96 Å². The summed E-state index contributed by atoms with van der Waals surface area (Å²) in [5.41, 5.74) is 5.60. The molecule has 0 radical (unpaired) electrons.